The molecule has 23 heavy (non-hydrogen) atoms. The van der Waals surface area contributed by atoms with Gasteiger partial charge in [0.15, 0.2) is 0 Å². The van der Waals surface area contributed by atoms with Crippen LogP contribution in [0.15, 0.2) is 30.1 Å². The molecule has 0 unspecified atom stereocenters. The zero-order chi connectivity index (χ0) is 16.1. The average molecular weight is 315 g/mol. The Bertz CT molecular complexity index is 807. The van der Waals surface area contributed by atoms with Crippen LogP contribution >= 0.6 is 0 Å². The predicted octanol–water partition coefficient (Wildman–Crippen LogP) is 3.55. The number of alkyl halides is 2. The van der Waals surface area contributed by atoms with Gasteiger partial charge in [-0.2, -0.15) is 13.9 Å². The monoisotopic (exact) mass is 315 g/mol. The van der Waals surface area contributed by atoms with Gasteiger partial charge in [0, 0.05) is 42.5 Å². The van der Waals surface area contributed by atoms with E-state index in [-0.39, 0.29) is 0 Å². The molecule has 0 amide bonds. The van der Waals surface area contributed by atoms with Crippen LogP contribution in [0.5, 0.6) is 0 Å². The molecule has 4 nitrogen and oxygen atoms in total. The van der Waals surface area contributed by atoms with E-state index < -0.39 is 6.55 Å². The minimum Gasteiger partial charge on any atom is -0.302 e. The Kier molecular flexibility index (Phi) is 3.23. The highest BCUT2D eigenvalue weighted by atomic mass is 19.3. The molecule has 0 N–H and O–H groups in total. The molecule has 0 saturated carbocycles. The van der Waals surface area contributed by atoms with E-state index in [4.69, 9.17) is 5.32 Å². The average Bonchev–Trinajstić information content (AvgIpc) is 3.12. The van der Waals surface area contributed by atoms with Crippen molar-refractivity contribution in [2.45, 2.75) is 19.9 Å². The third kappa shape index (κ3) is 2.16. The van der Waals surface area contributed by atoms with Crippen molar-refractivity contribution in [1.82, 2.24) is 20.0 Å². The van der Waals surface area contributed by atoms with E-state index in [2.05, 4.69) is 17.0 Å². The molecule has 0 fully saturated rings. The van der Waals surface area contributed by atoms with Crippen molar-refractivity contribution >= 4 is 11.3 Å². The zero-order valence-electron chi connectivity index (χ0n) is 13.1. The molecule has 0 aliphatic carbocycles. The molecule has 0 spiro atoms. The number of hydrogen-bond donors (Lipinski definition) is 0. The van der Waals surface area contributed by atoms with E-state index in [1.165, 1.54) is 6.20 Å². The summed E-state index contributed by atoms with van der Waals surface area (Å²) in [5.41, 5.74) is 6.36. The second-order valence-corrected chi connectivity index (χ2v) is 6.12. The molecule has 0 bridgehead atoms. The second kappa shape index (κ2) is 5.16. The molecule has 4 rings (SSSR count). The van der Waals surface area contributed by atoms with Crippen molar-refractivity contribution in [3.8, 4) is 11.3 Å². The van der Waals surface area contributed by atoms with Gasteiger partial charge in [-0.1, -0.05) is 6.07 Å². The lowest BCUT2D eigenvalue weighted by Crippen LogP contribution is -2.27. The first kappa shape index (κ1) is 14.4. The van der Waals surface area contributed by atoms with Crippen molar-refractivity contribution < 1.29 is 8.78 Å². The third-order valence-corrected chi connectivity index (χ3v) is 4.57. The molecule has 0 atom stereocenters. The minimum atomic E-state index is -2.66. The van der Waals surface area contributed by atoms with Gasteiger partial charge in [-0.3, -0.25) is 5.32 Å². The van der Waals surface area contributed by atoms with Crippen LogP contribution < -0.4 is 5.32 Å². The summed E-state index contributed by atoms with van der Waals surface area (Å²) in [6.45, 7) is 1.06. The van der Waals surface area contributed by atoms with E-state index in [0.29, 0.717) is 5.69 Å². The van der Waals surface area contributed by atoms with Crippen molar-refractivity contribution in [3.05, 3.63) is 41.2 Å². The highest BCUT2D eigenvalue weighted by molar-refractivity contribution is 5.93. The fraction of sp³-hybridized carbons (Fsp3) is 0.353. The lowest BCUT2D eigenvalue weighted by molar-refractivity contribution is 0.0585. The Labute approximate surface area is 133 Å². The minimum absolute atomic E-state index is 0.450. The first-order valence-electron chi connectivity index (χ1n) is 7.64. The number of fused-ring (bicyclic) bond motifs is 2. The van der Waals surface area contributed by atoms with Crippen LogP contribution in [0.4, 0.5) is 14.5 Å². The van der Waals surface area contributed by atoms with Gasteiger partial charge in [-0.25, -0.2) is 4.68 Å². The normalized spacial score (nSPS) is 17.4. The molecule has 2 aliphatic heterocycles. The van der Waals surface area contributed by atoms with Gasteiger partial charge in [0.05, 0.1) is 11.4 Å². The van der Waals surface area contributed by atoms with Gasteiger partial charge in [-0.15, -0.1) is 0 Å². The molecule has 6 heteroatoms. The fourth-order valence-corrected chi connectivity index (χ4v) is 3.47. The van der Waals surface area contributed by atoms with E-state index in [1.807, 2.05) is 19.1 Å². The second-order valence-electron chi connectivity index (χ2n) is 6.12. The van der Waals surface area contributed by atoms with Gasteiger partial charge >= 0.3 is 6.55 Å². The van der Waals surface area contributed by atoms with Crippen LogP contribution in [0, 0.1) is 6.92 Å². The number of nitrogens with zero attached hydrogens (tertiary/aromatic N) is 4. The van der Waals surface area contributed by atoms with Gasteiger partial charge in [0.1, 0.15) is 0 Å². The number of likely N-dealkylation sites (N-methyl/N-ethyl adjacent to an activating group) is 1. The first-order valence-corrected chi connectivity index (χ1v) is 7.64. The van der Waals surface area contributed by atoms with Crippen molar-refractivity contribution in [2.75, 3.05) is 20.1 Å². The van der Waals surface area contributed by atoms with E-state index in [9.17, 15) is 8.78 Å². The van der Waals surface area contributed by atoms with Gasteiger partial charge in [-0.05, 0) is 37.2 Å². The van der Waals surface area contributed by atoms with E-state index in [1.54, 1.807) is 6.07 Å². The van der Waals surface area contributed by atoms with Crippen molar-refractivity contribution in [3.63, 3.8) is 0 Å². The largest absolute Gasteiger partial charge is 0.333 e. The lowest BCUT2D eigenvalue weighted by Gasteiger charge is -2.24. The zero-order valence-corrected chi connectivity index (χ0v) is 13.1. The van der Waals surface area contributed by atoms with Crippen LogP contribution in [0.25, 0.3) is 16.8 Å². The number of aromatic nitrogens is 2. The first-order chi connectivity index (χ1) is 11.1. The fourth-order valence-electron chi connectivity index (χ4n) is 3.47. The van der Waals surface area contributed by atoms with Gasteiger partial charge in [0.25, 0.3) is 0 Å². The number of hydrogen-bond acceptors (Lipinski definition) is 2. The van der Waals surface area contributed by atoms with Gasteiger partial charge < -0.3 is 4.90 Å². The number of aryl methyl sites for hydroxylation is 1. The SMILES string of the molecule is Cc1ccc2c(c1-c1ccnn1C(F)F)C1=C(CCN(C)C1)[N]2. The Morgan fingerprint density at radius 1 is 1.17 bits per heavy atom. The summed E-state index contributed by atoms with van der Waals surface area (Å²) < 4.78 is 27.3. The molecule has 119 valence electrons. The smallest absolute Gasteiger partial charge is 0.302 e. The van der Waals surface area contributed by atoms with E-state index in [0.717, 1.165) is 57.8 Å². The van der Waals surface area contributed by atoms with Crippen LogP contribution in [0.2, 0.25) is 0 Å². The summed E-state index contributed by atoms with van der Waals surface area (Å²) in [6.07, 6.45) is 2.32. The molecule has 1 aromatic heterocycles. The highest BCUT2D eigenvalue weighted by Gasteiger charge is 2.31. The predicted molar refractivity (Wildman–Crippen MR) is 84.5 cm³/mol. The molecule has 1 aromatic carbocycles. The molecule has 2 aliphatic rings. The lowest BCUT2D eigenvalue weighted by atomic mass is 9.91. The van der Waals surface area contributed by atoms with Crippen LogP contribution in [0.3, 0.4) is 0 Å². The molecular formula is C17H17F2N4. The van der Waals surface area contributed by atoms with Crippen LogP contribution in [-0.2, 0) is 0 Å². The van der Waals surface area contributed by atoms with Gasteiger partial charge in [0.2, 0.25) is 0 Å². The summed E-state index contributed by atoms with van der Waals surface area (Å²) >= 11 is 0. The molecule has 3 heterocycles. The van der Waals surface area contributed by atoms with Crippen molar-refractivity contribution in [1.29, 1.82) is 0 Å². The summed E-state index contributed by atoms with van der Waals surface area (Å²) in [4.78, 5) is 2.24. The number of rotatable bonds is 2. The summed E-state index contributed by atoms with van der Waals surface area (Å²) in [7, 11) is 2.07. The summed E-state index contributed by atoms with van der Waals surface area (Å²) in [6, 6.07) is 5.58. The Hall–Kier alpha value is -2.21. The maximum absolute atomic E-state index is 13.3. The van der Waals surface area contributed by atoms with Crippen molar-refractivity contribution in [2.24, 2.45) is 0 Å². The molecule has 0 saturated heterocycles. The third-order valence-electron chi connectivity index (χ3n) is 4.57. The van der Waals surface area contributed by atoms with E-state index >= 15 is 0 Å². The summed E-state index contributed by atoms with van der Waals surface area (Å²) in [5.74, 6) is 0. The van der Waals surface area contributed by atoms with Crippen LogP contribution in [0.1, 0.15) is 24.1 Å². The Balaban J connectivity index is 1.94. The Morgan fingerprint density at radius 2 is 2.00 bits per heavy atom. The molecule has 1 radical (unpaired) electrons. The van der Waals surface area contributed by atoms with Crippen LogP contribution in [-0.4, -0.2) is 34.8 Å². The molecule has 2 aromatic rings. The maximum atomic E-state index is 13.3. The maximum Gasteiger partial charge on any atom is 0.333 e. The summed E-state index contributed by atoms with van der Waals surface area (Å²) in [5, 5.41) is 8.52. The highest BCUT2D eigenvalue weighted by Crippen LogP contribution is 2.45. The molecular weight excluding hydrogens is 298 g/mol. The number of benzene rings is 1. The standard InChI is InChI=1S/C17H17F2N4/c1-10-3-4-13-16(11-9-22(2)8-6-12(11)21-13)15(10)14-5-7-20-23(14)17(18)19/h3-5,7,17H,6,8-9H2,1-2H3. The topological polar surface area (TPSA) is 35.2 Å². The quantitative estimate of drug-likeness (QED) is 0.849. The number of halogens is 2. The Morgan fingerprint density at radius 3 is 2.78 bits per heavy atom.